The molecule has 1 aromatic carbocycles. The summed E-state index contributed by atoms with van der Waals surface area (Å²) < 4.78 is 25.3. The van der Waals surface area contributed by atoms with Crippen molar-refractivity contribution in [3.63, 3.8) is 0 Å². The minimum atomic E-state index is -3.03. The number of aryl methyl sites for hydroxylation is 1. The molecule has 3 aromatic rings. The van der Waals surface area contributed by atoms with Crippen LogP contribution in [0.3, 0.4) is 0 Å². The van der Waals surface area contributed by atoms with Crippen LogP contribution in [0.15, 0.2) is 30.3 Å². The first kappa shape index (κ1) is 19.7. The first-order valence-corrected chi connectivity index (χ1v) is 11.9. The summed E-state index contributed by atoms with van der Waals surface area (Å²) in [5.74, 6) is -0.0866. The maximum Gasteiger partial charge on any atom is 0.261 e. The lowest BCUT2D eigenvalue weighted by molar-refractivity contribution is 0.102. The van der Waals surface area contributed by atoms with Gasteiger partial charge in [-0.3, -0.25) is 14.8 Å². The molecule has 0 bridgehead atoms. The van der Waals surface area contributed by atoms with Gasteiger partial charge in [-0.2, -0.15) is 5.10 Å². The van der Waals surface area contributed by atoms with E-state index >= 15 is 0 Å². The van der Waals surface area contributed by atoms with Gasteiger partial charge in [0.1, 0.15) is 5.01 Å². The number of amides is 1. The highest BCUT2D eigenvalue weighted by Gasteiger charge is 2.32. The molecule has 8 nitrogen and oxygen atoms in total. The number of sulfone groups is 1. The quantitative estimate of drug-likeness (QED) is 0.665. The average Bonchev–Trinajstić information content (AvgIpc) is 3.33. The monoisotopic (exact) mass is 431 g/mol. The van der Waals surface area contributed by atoms with Gasteiger partial charge in [0.2, 0.25) is 5.13 Å². The SMILES string of the molecule is Cc1nn(C2CCS(=O)(=O)C2)c(C)c1C(=O)Nc1nnc(Cc2ccccc2)s1. The first-order chi connectivity index (χ1) is 13.8. The van der Waals surface area contributed by atoms with Gasteiger partial charge in [-0.25, -0.2) is 8.42 Å². The van der Waals surface area contributed by atoms with E-state index < -0.39 is 9.84 Å². The van der Waals surface area contributed by atoms with Crippen LogP contribution in [-0.2, 0) is 16.3 Å². The van der Waals surface area contributed by atoms with Gasteiger partial charge in [-0.05, 0) is 25.8 Å². The van der Waals surface area contributed by atoms with Crippen molar-refractivity contribution in [1.29, 1.82) is 0 Å². The fourth-order valence-corrected chi connectivity index (χ4v) is 6.08. The van der Waals surface area contributed by atoms with Gasteiger partial charge in [-0.15, -0.1) is 10.2 Å². The fraction of sp³-hybridized carbons (Fsp3) is 0.368. The Morgan fingerprint density at radius 3 is 2.69 bits per heavy atom. The summed E-state index contributed by atoms with van der Waals surface area (Å²) in [6.07, 6.45) is 1.17. The highest BCUT2D eigenvalue weighted by Crippen LogP contribution is 2.27. The van der Waals surface area contributed by atoms with Crippen molar-refractivity contribution < 1.29 is 13.2 Å². The summed E-state index contributed by atoms with van der Waals surface area (Å²) in [5, 5.41) is 16.7. The van der Waals surface area contributed by atoms with E-state index in [9.17, 15) is 13.2 Å². The number of rotatable bonds is 5. The van der Waals surface area contributed by atoms with Gasteiger partial charge in [-0.1, -0.05) is 41.7 Å². The van der Waals surface area contributed by atoms with Crippen molar-refractivity contribution in [3.05, 3.63) is 57.9 Å². The number of nitrogens with zero attached hydrogens (tertiary/aromatic N) is 4. The molecule has 0 radical (unpaired) electrons. The number of anilines is 1. The van der Waals surface area contributed by atoms with Crippen molar-refractivity contribution in [2.75, 3.05) is 16.8 Å². The van der Waals surface area contributed by atoms with Gasteiger partial charge in [0, 0.05) is 12.1 Å². The van der Waals surface area contributed by atoms with Gasteiger partial charge in [0.15, 0.2) is 9.84 Å². The second-order valence-corrected chi connectivity index (χ2v) is 10.5. The van der Waals surface area contributed by atoms with Crippen LogP contribution in [0.25, 0.3) is 0 Å². The molecule has 3 heterocycles. The van der Waals surface area contributed by atoms with Crippen LogP contribution in [0.2, 0.25) is 0 Å². The molecule has 29 heavy (non-hydrogen) atoms. The molecule has 1 saturated heterocycles. The second-order valence-electron chi connectivity index (χ2n) is 7.16. The standard InChI is InChI=1S/C19H21N5O3S2/c1-12-17(13(2)24(23-12)15-8-9-29(26,27)11-15)18(25)20-19-22-21-16(28-19)10-14-6-4-3-5-7-14/h3-7,15H,8-11H2,1-2H3,(H,20,22,25). The molecule has 1 atom stereocenters. The third-order valence-corrected chi connectivity index (χ3v) is 7.58. The summed E-state index contributed by atoms with van der Waals surface area (Å²) in [6.45, 7) is 3.55. The van der Waals surface area contributed by atoms with Crippen molar-refractivity contribution >= 4 is 32.2 Å². The molecule has 0 spiro atoms. The van der Waals surface area contributed by atoms with Gasteiger partial charge in [0.05, 0.1) is 28.8 Å². The Morgan fingerprint density at radius 2 is 2.00 bits per heavy atom. The second kappa shape index (κ2) is 7.68. The Hall–Kier alpha value is -2.59. The van der Waals surface area contributed by atoms with Crippen LogP contribution in [0.1, 0.15) is 44.8 Å². The molecule has 0 aliphatic carbocycles. The van der Waals surface area contributed by atoms with Crippen LogP contribution in [-0.4, -0.2) is 45.8 Å². The van der Waals surface area contributed by atoms with Crippen LogP contribution in [0.4, 0.5) is 5.13 Å². The molecule has 4 rings (SSSR count). The van der Waals surface area contributed by atoms with E-state index in [1.165, 1.54) is 11.3 Å². The van der Waals surface area contributed by atoms with E-state index in [0.717, 1.165) is 10.6 Å². The zero-order valence-corrected chi connectivity index (χ0v) is 17.8. The predicted octanol–water partition coefficient (Wildman–Crippen LogP) is 2.55. The van der Waals surface area contributed by atoms with Crippen LogP contribution in [0, 0.1) is 13.8 Å². The minimum Gasteiger partial charge on any atom is -0.296 e. The summed E-state index contributed by atoms with van der Waals surface area (Å²) in [4.78, 5) is 12.8. The number of carbonyl (C=O) groups is 1. The maximum atomic E-state index is 12.8. The zero-order chi connectivity index (χ0) is 20.6. The first-order valence-electron chi connectivity index (χ1n) is 9.26. The highest BCUT2D eigenvalue weighted by molar-refractivity contribution is 7.91. The van der Waals surface area contributed by atoms with E-state index in [1.807, 2.05) is 30.3 Å². The Balaban J connectivity index is 1.49. The van der Waals surface area contributed by atoms with E-state index in [-0.39, 0.29) is 23.5 Å². The van der Waals surface area contributed by atoms with Crippen LogP contribution >= 0.6 is 11.3 Å². The summed E-state index contributed by atoms with van der Waals surface area (Å²) in [5.41, 5.74) is 2.81. The molecular formula is C19H21N5O3S2. The maximum absolute atomic E-state index is 12.8. The van der Waals surface area contributed by atoms with E-state index in [0.29, 0.717) is 34.9 Å². The lowest BCUT2D eigenvalue weighted by Crippen LogP contribution is -2.16. The molecule has 1 aliphatic rings. The number of hydrogen-bond acceptors (Lipinski definition) is 7. The van der Waals surface area contributed by atoms with Crippen molar-refractivity contribution in [2.45, 2.75) is 32.7 Å². The molecule has 2 aromatic heterocycles. The van der Waals surface area contributed by atoms with Gasteiger partial charge in [0.25, 0.3) is 5.91 Å². The third kappa shape index (κ3) is 4.23. The average molecular weight is 432 g/mol. The van der Waals surface area contributed by atoms with Crippen LogP contribution < -0.4 is 5.32 Å². The zero-order valence-electron chi connectivity index (χ0n) is 16.1. The number of benzene rings is 1. The lowest BCUT2D eigenvalue weighted by Gasteiger charge is -2.11. The molecule has 1 N–H and O–H groups in total. The Bertz CT molecular complexity index is 1150. The van der Waals surface area contributed by atoms with E-state index in [2.05, 4.69) is 20.6 Å². The summed E-state index contributed by atoms with van der Waals surface area (Å²) in [7, 11) is -3.03. The summed E-state index contributed by atoms with van der Waals surface area (Å²) in [6, 6.07) is 9.71. The van der Waals surface area contributed by atoms with E-state index in [1.54, 1.807) is 18.5 Å². The predicted molar refractivity (Wildman–Crippen MR) is 111 cm³/mol. The molecule has 1 unspecified atom stereocenters. The normalized spacial score (nSPS) is 18.1. The fourth-order valence-electron chi connectivity index (χ4n) is 3.62. The smallest absolute Gasteiger partial charge is 0.261 e. The van der Waals surface area contributed by atoms with E-state index in [4.69, 9.17) is 0 Å². The summed E-state index contributed by atoms with van der Waals surface area (Å²) >= 11 is 1.33. The topological polar surface area (TPSA) is 107 Å². The van der Waals surface area contributed by atoms with Gasteiger partial charge >= 0.3 is 0 Å². The molecule has 1 fully saturated rings. The Kier molecular flexibility index (Phi) is 5.22. The Morgan fingerprint density at radius 1 is 1.24 bits per heavy atom. The van der Waals surface area contributed by atoms with Gasteiger partial charge < -0.3 is 0 Å². The molecule has 152 valence electrons. The number of nitrogens with one attached hydrogen (secondary N) is 1. The lowest BCUT2D eigenvalue weighted by atomic mass is 10.1. The molecule has 1 amide bonds. The Labute approximate surface area is 172 Å². The molecule has 10 heteroatoms. The molecule has 0 saturated carbocycles. The van der Waals surface area contributed by atoms with Crippen molar-refractivity contribution in [3.8, 4) is 0 Å². The van der Waals surface area contributed by atoms with Crippen molar-refractivity contribution in [2.24, 2.45) is 0 Å². The minimum absolute atomic E-state index is 0.0647. The van der Waals surface area contributed by atoms with Crippen molar-refractivity contribution in [1.82, 2.24) is 20.0 Å². The number of hydrogen-bond donors (Lipinski definition) is 1. The molecular weight excluding hydrogens is 410 g/mol. The van der Waals surface area contributed by atoms with Crippen LogP contribution in [0.5, 0.6) is 0 Å². The third-order valence-electron chi connectivity index (χ3n) is 4.99. The number of aromatic nitrogens is 4. The highest BCUT2D eigenvalue weighted by atomic mass is 32.2. The number of carbonyl (C=O) groups excluding carboxylic acids is 1. The largest absolute Gasteiger partial charge is 0.296 e. The molecule has 1 aliphatic heterocycles.